The Morgan fingerprint density at radius 3 is 2.53 bits per heavy atom. The lowest BCUT2D eigenvalue weighted by molar-refractivity contribution is -0.227. The van der Waals surface area contributed by atoms with E-state index in [0.717, 1.165) is 0 Å². The first-order valence-electron chi connectivity index (χ1n) is 5.85. The summed E-state index contributed by atoms with van der Waals surface area (Å²) in [5.74, 6) is -0.595. The highest BCUT2D eigenvalue weighted by Crippen LogP contribution is 2.40. The molecule has 2 heterocycles. The van der Waals surface area contributed by atoms with Gasteiger partial charge in [-0.15, -0.1) is 0 Å². The zero-order valence-electron chi connectivity index (χ0n) is 10.7. The summed E-state index contributed by atoms with van der Waals surface area (Å²) >= 11 is 0. The topological polar surface area (TPSA) is 54.0 Å². The minimum Gasteiger partial charge on any atom is -0.353 e. The lowest BCUT2D eigenvalue weighted by atomic mass is 10.1. The van der Waals surface area contributed by atoms with Crippen LogP contribution in [0.1, 0.15) is 20.3 Å². The maximum absolute atomic E-state index is 11.2. The van der Waals surface area contributed by atoms with Crippen molar-refractivity contribution in [1.82, 2.24) is 0 Å². The molecule has 0 spiro atoms. The van der Waals surface area contributed by atoms with Crippen molar-refractivity contribution in [2.75, 3.05) is 19.9 Å². The number of fused-ring (bicyclic) bond motifs is 1. The molecule has 5 atom stereocenters. The number of methoxy groups -OCH3 is 1. The van der Waals surface area contributed by atoms with Gasteiger partial charge < -0.3 is 18.9 Å². The van der Waals surface area contributed by atoms with Crippen molar-refractivity contribution in [2.24, 2.45) is 0 Å². The van der Waals surface area contributed by atoms with Crippen molar-refractivity contribution in [3.63, 3.8) is 0 Å². The molecule has 2 aliphatic rings. The molecule has 0 aromatic rings. The summed E-state index contributed by atoms with van der Waals surface area (Å²) in [6.07, 6.45) is 0.571. The van der Waals surface area contributed by atoms with Gasteiger partial charge in [0.2, 0.25) is 0 Å². The molecule has 2 saturated heterocycles. The molecule has 0 aliphatic carbocycles. The summed E-state index contributed by atoms with van der Waals surface area (Å²) in [5.41, 5.74) is 0. The molecule has 98 valence electrons. The molecule has 0 N–H and O–H groups in total. The molecule has 6 heteroatoms. The van der Waals surface area contributed by atoms with Crippen LogP contribution in [-0.2, 0) is 23.5 Å². The second-order valence-electron chi connectivity index (χ2n) is 4.98. The number of rotatable bonds is 4. The van der Waals surface area contributed by atoms with Gasteiger partial charge in [0, 0.05) is 13.5 Å². The van der Waals surface area contributed by atoms with Crippen LogP contribution in [0.25, 0.3) is 0 Å². The Balaban J connectivity index is 2.02. The van der Waals surface area contributed by atoms with E-state index < -0.39 is 13.6 Å². The van der Waals surface area contributed by atoms with Gasteiger partial charge in [0.15, 0.2) is 12.1 Å². The molecule has 1 unspecified atom stereocenters. The lowest BCUT2D eigenvalue weighted by Crippen LogP contribution is -2.30. The molecule has 0 saturated carbocycles. The second-order valence-corrected chi connectivity index (χ2v) is 6.69. The number of ether oxygens (including phenoxy) is 4. The third kappa shape index (κ3) is 2.85. The highest BCUT2D eigenvalue weighted by molar-refractivity contribution is 7.43. The smallest absolute Gasteiger partial charge is 0.335 e. The highest BCUT2D eigenvalue weighted by Gasteiger charge is 2.55. The van der Waals surface area contributed by atoms with E-state index in [1.54, 1.807) is 13.8 Å². The Labute approximate surface area is 103 Å². The van der Waals surface area contributed by atoms with Crippen LogP contribution in [-0.4, -0.2) is 50.3 Å². The first kappa shape index (κ1) is 13.4. The predicted octanol–water partition coefficient (Wildman–Crippen LogP) is 1.73. The van der Waals surface area contributed by atoms with Crippen LogP contribution >= 0.6 is 7.80 Å². The fourth-order valence-corrected chi connectivity index (χ4v) is 2.99. The third-order valence-electron chi connectivity index (χ3n) is 3.07. The van der Waals surface area contributed by atoms with E-state index >= 15 is 0 Å². The Bertz CT molecular complexity index is 306. The molecule has 5 nitrogen and oxygen atoms in total. The molecule has 0 aromatic heterocycles. The summed E-state index contributed by atoms with van der Waals surface area (Å²) in [4.78, 5) is 0. The fraction of sp³-hybridized carbons (Fsp3) is 1.00. The lowest BCUT2D eigenvalue weighted by Gasteiger charge is -2.23. The Morgan fingerprint density at radius 1 is 1.29 bits per heavy atom. The number of hydrogen-bond acceptors (Lipinski definition) is 5. The Kier molecular flexibility index (Phi) is 3.86. The predicted molar refractivity (Wildman–Crippen MR) is 62.5 cm³/mol. The minimum atomic E-state index is -1.14. The van der Waals surface area contributed by atoms with Crippen LogP contribution < -0.4 is 0 Å². The van der Waals surface area contributed by atoms with Gasteiger partial charge in [-0.05, 0) is 13.8 Å². The Hall–Kier alpha value is -0.0600. The van der Waals surface area contributed by atoms with Crippen molar-refractivity contribution in [2.45, 2.75) is 50.7 Å². The number of hydrogen-bond donors (Lipinski definition) is 0. The molecule has 2 rings (SSSR count). The molecule has 0 aromatic carbocycles. The average Bonchev–Trinajstić information content (AvgIpc) is 2.68. The highest BCUT2D eigenvalue weighted by atomic mass is 31.1. The van der Waals surface area contributed by atoms with Gasteiger partial charge in [0.1, 0.15) is 25.0 Å². The molecular weight excluding hydrogens is 243 g/mol. The summed E-state index contributed by atoms with van der Waals surface area (Å²) in [5, 5.41) is 0. The van der Waals surface area contributed by atoms with Crippen LogP contribution in [0.4, 0.5) is 0 Å². The van der Waals surface area contributed by atoms with Gasteiger partial charge in [0.05, 0.1) is 6.10 Å². The van der Waals surface area contributed by atoms with E-state index in [9.17, 15) is 4.57 Å². The largest absolute Gasteiger partial charge is 0.353 e. The first-order chi connectivity index (χ1) is 7.93. The standard InChI is InChI=1S/C11H20O5P/c1-11(2)15-8-7(5-6-17(4)12)14-10(13-3)9(8)16-11/h7-10H,5-6H2,1-4H3/q+1/t7-,8-,9-,10-/m1/s1. The summed E-state index contributed by atoms with van der Waals surface area (Å²) in [6.45, 7) is 5.50. The van der Waals surface area contributed by atoms with Gasteiger partial charge in [-0.3, -0.25) is 0 Å². The van der Waals surface area contributed by atoms with Gasteiger partial charge in [-0.25, -0.2) is 0 Å². The normalized spacial score (nSPS) is 40.4. The van der Waals surface area contributed by atoms with Crippen molar-refractivity contribution in [3.8, 4) is 0 Å². The summed E-state index contributed by atoms with van der Waals surface area (Å²) in [7, 11) is 0.452. The minimum absolute atomic E-state index is 0.0920. The maximum Gasteiger partial charge on any atom is 0.335 e. The first-order valence-corrected chi connectivity index (χ1v) is 7.74. The van der Waals surface area contributed by atoms with Crippen molar-refractivity contribution >= 4 is 7.80 Å². The zero-order chi connectivity index (χ0) is 12.6. The van der Waals surface area contributed by atoms with Gasteiger partial charge >= 0.3 is 7.80 Å². The van der Waals surface area contributed by atoms with E-state index in [1.807, 2.05) is 13.8 Å². The van der Waals surface area contributed by atoms with E-state index in [0.29, 0.717) is 12.6 Å². The molecule has 0 bridgehead atoms. The van der Waals surface area contributed by atoms with E-state index in [4.69, 9.17) is 18.9 Å². The molecular formula is C11H20O5P+. The van der Waals surface area contributed by atoms with Crippen molar-refractivity contribution in [1.29, 1.82) is 0 Å². The molecule has 0 radical (unpaired) electrons. The van der Waals surface area contributed by atoms with E-state index in [-0.39, 0.29) is 24.6 Å². The Morgan fingerprint density at radius 2 is 1.94 bits per heavy atom. The van der Waals surface area contributed by atoms with Crippen LogP contribution in [0.3, 0.4) is 0 Å². The fourth-order valence-electron chi connectivity index (χ4n) is 2.37. The quantitative estimate of drug-likeness (QED) is 0.723. The van der Waals surface area contributed by atoms with Crippen LogP contribution in [0.2, 0.25) is 0 Å². The van der Waals surface area contributed by atoms with Crippen LogP contribution in [0, 0.1) is 0 Å². The molecule has 2 aliphatic heterocycles. The molecule has 2 fully saturated rings. The van der Waals surface area contributed by atoms with Crippen molar-refractivity contribution in [3.05, 3.63) is 0 Å². The molecule has 0 amide bonds. The van der Waals surface area contributed by atoms with Crippen LogP contribution in [0.15, 0.2) is 0 Å². The maximum atomic E-state index is 11.2. The average molecular weight is 263 g/mol. The van der Waals surface area contributed by atoms with Gasteiger partial charge in [0.25, 0.3) is 0 Å². The summed E-state index contributed by atoms with van der Waals surface area (Å²) in [6, 6.07) is 0. The molecule has 17 heavy (non-hydrogen) atoms. The van der Waals surface area contributed by atoms with Gasteiger partial charge in [-0.1, -0.05) is 4.57 Å². The monoisotopic (exact) mass is 263 g/mol. The third-order valence-corrected chi connectivity index (χ3v) is 3.96. The van der Waals surface area contributed by atoms with Crippen molar-refractivity contribution < 1.29 is 23.5 Å². The van der Waals surface area contributed by atoms with Gasteiger partial charge in [-0.2, -0.15) is 0 Å². The second kappa shape index (κ2) is 4.90. The van der Waals surface area contributed by atoms with E-state index in [1.165, 1.54) is 0 Å². The summed E-state index contributed by atoms with van der Waals surface area (Å²) < 4.78 is 33.7. The van der Waals surface area contributed by atoms with E-state index in [2.05, 4.69) is 0 Å². The SMILES string of the molecule is CO[C@@H]1O[C@H](CC[P+](C)=O)[C@H]2OC(C)(C)O[C@@H]12. The van der Waals surface area contributed by atoms with Crippen LogP contribution in [0.5, 0.6) is 0 Å². The zero-order valence-corrected chi connectivity index (χ0v) is 11.6.